The van der Waals surface area contributed by atoms with E-state index in [1.54, 1.807) is 12.1 Å². The van der Waals surface area contributed by atoms with Crippen molar-refractivity contribution in [2.45, 2.75) is 134 Å². The average Bonchev–Trinajstić information content (AvgIpc) is 3.97. The first-order chi connectivity index (χ1) is 34.0. The van der Waals surface area contributed by atoms with E-state index in [4.69, 9.17) is 14.2 Å². The van der Waals surface area contributed by atoms with Crippen LogP contribution in [0.15, 0.2) is 71.8 Å². The van der Waals surface area contributed by atoms with E-state index >= 15 is 4.39 Å². The lowest BCUT2D eigenvalue weighted by molar-refractivity contribution is -0.384. The average molecular weight is 992 g/mol. The van der Waals surface area contributed by atoms with Crippen molar-refractivity contribution in [3.8, 4) is 23.1 Å². The summed E-state index contributed by atoms with van der Waals surface area (Å²) in [6.07, 6.45) is 12.5. The number of carbonyl (C=O) groups is 1. The molecule has 378 valence electrons. The number of ether oxygens (including phenoxy) is 3. The molecule has 2 saturated heterocycles. The number of amides is 1. The molecule has 17 heteroatoms. The molecule has 2 aliphatic carbocycles. The van der Waals surface area contributed by atoms with Crippen LogP contribution in [-0.4, -0.2) is 79.0 Å². The summed E-state index contributed by atoms with van der Waals surface area (Å²) < 4.78 is 63.9. The van der Waals surface area contributed by atoms with Gasteiger partial charge in [-0.3, -0.25) is 19.8 Å². The Morgan fingerprint density at radius 1 is 1.01 bits per heavy atom. The fraction of sp³-hybridized carbons (Fsp3) is 0.519. The number of nitro groups is 1. The van der Waals surface area contributed by atoms with E-state index in [1.807, 2.05) is 6.92 Å². The van der Waals surface area contributed by atoms with Crippen LogP contribution in [0.25, 0.3) is 11.0 Å². The Labute approximate surface area is 415 Å². The number of carbonyl (C=O) groups excluding carboxylic acids is 1. The zero-order valence-corrected chi connectivity index (χ0v) is 42.2. The Kier molecular flexibility index (Phi) is 13.2. The summed E-state index contributed by atoms with van der Waals surface area (Å²) in [4.78, 5) is 38.0. The number of hydrogen-bond donors (Lipinski definition) is 3. The summed E-state index contributed by atoms with van der Waals surface area (Å²) in [7, 11) is -4.73. The number of hydrogen-bond acceptors (Lipinski definition) is 12. The highest BCUT2D eigenvalue weighted by atomic mass is 32.2. The number of piperidine rings is 1. The van der Waals surface area contributed by atoms with Gasteiger partial charge >= 0.3 is 0 Å². The maximum atomic E-state index is 15.0. The first kappa shape index (κ1) is 48.7. The highest BCUT2D eigenvalue weighted by molar-refractivity contribution is 7.90. The number of nitro benzene ring substituents is 1. The second-order valence-electron chi connectivity index (χ2n) is 21.8. The van der Waals surface area contributed by atoms with Crippen molar-refractivity contribution in [1.82, 2.24) is 19.6 Å². The maximum absolute atomic E-state index is 15.0. The van der Waals surface area contributed by atoms with E-state index in [-0.39, 0.29) is 81.4 Å². The third-order valence-corrected chi connectivity index (χ3v) is 17.5. The van der Waals surface area contributed by atoms with Gasteiger partial charge in [0.05, 0.1) is 33.4 Å². The molecule has 1 amide bonds. The number of halogens is 1. The van der Waals surface area contributed by atoms with Crippen LogP contribution in [0.5, 0.6) is 23.1 Å². The zero-order chi connectivity index (χ0) is 49.8. The monoisotopic (exact) mass is 991 g/mol. The van der Waals surface area contributed by atoms with Gasteiger partial charge in [-0.2, -0.15) is 4.98 Å². The Bertz CT molecular complexity index is 2930. The third-order valence-electron chi connectivity index (χ3n) is 16.2. The van der Waals surface area contributed by atoms with Gasteiger partial charge < -0.3 is 29.4 Å². The van der Waals surface area contributed by atoms with Crippen LogP contribution >= 0.6 is 0 Å². The molecule has 0 radical (unpaired) electrons. The number of pyridine rings is 1. The predicted octanol–water partition coefficient (Wildman–Crippen LogP) is 11.4. The van der Waals surface area contributed by atoms with Gasteiger partial charge in [-0.15, -0.1) is 0 Å². The molecule has 5 heterocycles. The number of rotatable bonds is 14. The second-order valence-corrected chi connectivity index (χ2v) is 23.4. The Morgan fingerprint density at radius 2 is 1.77 bits per heavy atom. The van der Waals surface area contributed by atoms with Crippen molar-refractivity contribution in [3.05, 3.63) is 99.5 Å². The molecule has 5 aliphatic rings. The largest absolute Gasteiger partial charge is 0.489 e. The minimum atomic E-state index is -4.73. The van der Waals surface area contributed by atoms with Crippen LogP contribution in [0.2, 0.25) is 0 Å². The molecule has 10 rings (SSSR count). The lowest BCUT2D eigenvalue weighted by atomic mass is 9.59. The van der Waals surface area contributed by atoms with Crippen LogP contribution in [0.1, 0.15) is 139 Å². The van der Waals surface area contributed by atoms with Gasteiger partial charge in [0.2, 0.25) is 0 Å². The van der Waals surface area contributed by atoms with E-state index in [9.17, 15) is 23.3 Å². The first-order valence-corrected chi connectivity index (χ1v) is 27.0. The van der Waals surface area contributed by atoms with Crippen LogP contribution in [-0.2, 0) is 10.0 Å². The van der Waals surface area contributed by atoms with E-state index < -0.39 is 37.3 Å². The van der Waals surface area contributed by atoms with Gasteiger partial charge in [-0.25, -0.2) is 17.5 Å². The number of nitrogens with one attached hydrogen (secondary N) is 3. The summed E-state index contributed by atoms with van der Waals surface area (Å²) in [5, 5.41) is 15.9. The molecule has 3 aromatic carbocycles. The third kappa shape index (κ3) is 9.75. The number of H-pyrrole nitrogens is 1. The number of aromatic nitrogens is 2. The molecule has 3 aliphatic heterocycles. The van der Waals surface area contributed by atoms with E-state index in [1.165, 1.54) is 48.4 Å². The summed E-state index contributed by atoms with van der Waals surface area (Å²) in [5.41, 5.74) is 3.89. The molecule has 4 fully saturated rings. The molecule has 2 saturated carbocycles. The fourth-order valence-corrected chi connectivity index (χ4v) is 13.0. The molecule has 15 nitrogen and oxygen atoms in total. The molecule has 0 bridgehead atoms. The highest BCUT2D eigenvalue weighted by Crippen LogP contribution is 2.55. The first-order valence-electron chi connectivity index (χ1n) is 25.5. The van der Waals surface area contributed by atoms with E-state index in [0.717, 1.165) is 82.8 Å². The Balaban J connectivity index is 0.895. The SMILES string of the molecule is CCCOc1nc2[nH]cc(F)c2cc1Oc1cc(N2CCC3(CC2)CC(N2CCC[C@@H]2c2ccccc2C(C)C)C3)ccc1C(=O)NS(=O)(=O)c1cc2c(c([N+](=O)[O-])c1)N[C@@H](C1CCC(C)(C)CC1)CO2. The number of nitrogens with zero attached hydrogens (tertiary/aromatic N) is 4. The molecule has 3 N–H and O–H groups in total. The standard InChI is InChI=1S/C54H66FN7O8S/c1-6-24-68-52-48(28-41-42(55)31-56-50(41)58-52)70-46-25-35(60-22-19-54(20-23-60)29-36(30-54)61-21-9-12-44(61)39-11-8-7-10-38(39)33(2)3)13-14-40(46)51(63)59-71(66,67)37-26-45(62(64)65)49-47(27-37)69-32-43(57-49)34-15-17-53(4,5)18-16-34/h7-8,10-11,13-14,25-28,31,33-34,36,43-44,57H,6,9,12,15-24,29-30,32H2,1-5H3,(H,56,58)(H,59,63)/t43-,44-/m1/s1. The molecule has 5 aromatic rings. The van der Waals surface area contributed by atoms with E-state index in [0.29, 0.717) is 24.4 Å². The van der Waals surface area contributed by atoms with E-state index in [2.05, 4.69) is 81.8 Å². The fourth-order valence-electron chi connectivity index (χ4n) is 12.0. The number of sulfonamides is 1. The van der Waals surface area contributed by atoms with Crippen LogP contribution in [0.3, 0.4) is 0 Å². The quantitative estimate of drug-likeness (QED) is 0.0708. The normalized spacial score (nSPS) is 21.4. The number of fused-ring (bicyclic) bond motifs is 2. The van der Waals surface area contributed by atoms with Crippen molar-refractivity contribution < 1.29 is 36.7 Å². The number of anilines is 2. The van der Waals surface area contributed by atoms with Gasteiger partial charge in [0, 0.05) is 61.3 Å². The summed E-state index contributed by atoms with van der Waals surface area (Å²) in [5.74, 6) is -0.811. The summed E-state index contributed by atoms with van der Waals surface area (Å²) in [6.45, 7) is 14.1. The van der Waals surface area contributed by atoms with Gasteiger partial charge in [0.1, 0.15) is 23.8 Å². The van der Waals surface area contributed by atoms with Crippen molar-refractivity contribution in [3.63, 3.8) is 0 Å². The molecule has 2 aromatic heterocycles. The van der Waals surface area contributed by atoms with Gasteiger partial charge in [0.25, 0.3) is 27.5 Å². The van der Waals surface area contributed by atoms with Crippen LogP contribution < -0.4 is 29.1 Å². The number of aromatic amines is 1. The van der Waals surface area contributed by atoms with Gasteiger partial charge in [-0.05, 0) is 123 Å². The molecular formula is C54H66FN7O8S. The zero-order valence-electron chi connectivity index (χ0n) is 41.4. The van der Waals surface area contributed by atoms with Crippen molar-refractivity contribution in [2.24, 2.45) is 16.7 Å². The second kappa shape index (κ2) is 19.2. The van der Waals surface area contributed by atoms with Crippen LogP contribution in [0, 0.1) is 32.7 Å². The molecular weight excluding hydrogens is 926 g/mol. The van der Waals surface area contributed by atoms with Gasteiger partial charge in [0.15, 0.2) is 17.2 Å². The van der Waals surface area contributed by atoms with Gasteiger partial charge in [-0.1, -0.05) is 58.9 Å². The Morgan fingerprint density at radius 3 is 2.51 bits per heavy atom. The van der Waals surface area contributed by atoms with Crippen molar-refractivity contribution in [1.29, 1.82) is 0 Å². The topological polar surface area (TPSA) is 181 Å². The minimum Gasteiger partial charge on any atom is -0.489 e. The smallest absolute Gasteiger partial charge is 0.297 e. The van der Waals surface area contributed by atoms with Crippen LogP contribution in [0.4, 0.5) is 21.5 Å². The lowest BCUT2D eigenvalue weighted by Gasteiger charge is -2.56. The highest BCUT2D eigenvalue weighted by Gasteiger charge is 2.50. The molecule has 71 heavy (non-hydrogen) atoms. The maximum Gasteiger partial charge on any atom is 0.297 e. The summed E-state index contributed by atoms with van der Waals surface area (Å²) in [6, 6.07) is 18.3. The number of benzene rings is 3. The molecule has 0 unspecified atom stereocenters. The van der Waals surface area contributed by atoms with Crippen molar-refractivity contribution >= 4 is 44.0 Å². The number of likely N-dealkylation sites (tertiary alicyclic amines) is 1. The predicted molar refractivity (Wildman–Crippen MR) is 271 cm³/mol. The van der Waals surface area contributed by atoms with Crippen molar-refractivity contribution in [2.75, 3.05) is 43.1 Å². The molecule has 2 atom stereocenters. The minimum absolute atomic E-state index is 0.0134. The lowest BCUT2D eigenvalue weighted by Crippen LogP contribution is -2.54. The summed E-state index contributed by atoms with van der Waals surface area (Å²) >= 11 is 0. The molecule has 1 spiro atoms. The Hall–Kier alpha value is -5.94.